The number of aliphatic imine (C=N–C) groups is 2. The van der Waals surface area contributed by atoms with Crippen molar-refractivity contribution < 1.29 is 0 Å². The van der Waals surface area contributed by atoms with Crippen LogP contribution in [-0.4, -0.2) is 25.5 Å². The summed E-state index contributed by atoms with van der Waals surface area (Å²) >= 11 is 0. The van der Waals surface area contributed by atoms with Crippen LogP contribution >= 0.6 is 0 Å². The van der Waals surface area contributed by atoms with Gasteiger partial charge in [-0.15, -0.1) is 0 Å². The lowest BCUT2D eigenvalue weighted by Gasteiger charge is -2.24. The predicted octanol–water partition coefficient (Wildman–Crippen LogP) is 13.6. The molecule has 6 nitrogen and oxygen atoms in total. The molecule has 9 aromatic carbocycles. The minimum Gasteiger partial charge on any atom is -0.344 e. The monoisotopic (exact) mass is 806 g/mol. The van der Waals surface area contributed by atoms with Crippen molar-refractivity contribution >= 4 is 77.2 Å². The lowest BCUT2D eigenvalue weighted by atomic mass is 10.00. The molecule has 0 saturated carbocycles. The van der Waals surface area contributed by atoms with E-state index in [2.05, 4.69) is 225 Å². The molecule has 0 fully saturated rings. The van der Waals surface area contributed by atoms with E-state index >= 15 is 0 Å². The number of aromatic nitrogens is 3. The van der Waals surface area contributed by atoms with Crippen molar-refractivity contribution in [1.29, 1.82) is 0 Å². The van der Waals surface area contributed by atoms with Gasteiger partial charge < -0.3 is 14.5 Å². The number of amidine groups is 1. The van der Waals surface area contributed by atoms with Crippen LogP contribution in [0.3, 0.4) is 0 Å². The summed E-state index contributed by atoms with van der Waals surface area (Å²) in [4.78, 5) is 10.9. The molecule has 0 aliphatic carbocycles. The average molecular weight is 807 g/mol. The summed E-state index contributed by atoms with van der Waals surface area (Å²) < 4.78 is 7.32. The van der Waals surface area contributed by atoms with Crippen LogP contribution in [0.5, 0.6) is 0 Å². The van der Waals surface area contributed by atoms with E-state index in [4.69, 9.17) is 9.98 Å². The highest BCUT2D eigenvalue weighted by molar-refractivity contribution is 6.27. The summed E-state index contributed by atoms with van der Waals surface area (Å²) in [6.45, 7) is 0. The second-order valence-corrected chi connectivity index (χ2v) is 16.2. The molecular formula is C57H38N6. The van der Waals surface area contributed by atoms with E-state index in [0.717, 1.165) is 88.7 Å². The number of para-hydroxylation sites is 4. The van der Waals surface area contributed by atoms with Gasteiger partial charge in [-0.1, -0.05) is 188 Å². The summed E-state index contributed by atoms with van der Waals surface area (Å²) in [5, 5.41) is 10.7. The Morgan fingerprint density at radius 1 is 0.365 bits per heavy atom. The lowest BCUT2D eigenvalue weighted by Crippen LogP contribution is -2.35. The highest BCUT2D eigenvalue weighted by atomic mass is 15.3. The molecule has 0 spiro atoms. The molecule has 63 heavy (non-hydrogen) atoms. The first-order valence-corrected chi connectivity index (χ1v) is 21.5. The van der Waals surface area contributed by atoms with Gasteiger partial charge in [0, 0.05) is 49.1 Å². The number of rotatable bonds is 5. The molecule has 0 amide bonds. The maximum atomic E-state index is 5.50. The zero-order valence-corrected chi connectivity index (χ0v) is 34.1. The Balaban J connectivity index is 1.24. The van der Waals surface area contributed by atoms with E-state index in [1.807, 2.05) is 12.1 Å². The number of nitrogens with one attached hydrogen (secondary N) is 1. The van der Waals surface area contributed by atoms with Gasteiger partial charge in [0.1, 0.15) is 12.0 Å². The predicted molar refractivity (Wildman–Crippen MR) is 262 cm³/mol. The molecular weight excluding hydrogens is 769 g/mol. The van der Waals surface area contributed by atoms with Crippen LogP contribution in [0.4, 0.5) is 0 Å². The van der Waals surface area contributed by atoms with Crippen LogP contribution < -0.4 is 5.32 Å². The molecule has 12 aromatic rings. The molecule has 3 aromatic heterocycles. The van der Waals surface area contributed by atoms with Crippen molar-refractivity contribution in [1.82, 2.24) is 19.0 Å². The average Bonchev–Trinajstić information content (AvgIpc) is 4.01. The van der Waals surface area contributed by atoms with Crippen LogP contribution in [0, 0.1) is 0 Å². The Labute approximate surface area is 362 Å². The molecule has 0 radical (unpaired) electrons. The first-order valence-electron chi connectivity index (χ1n) is 21.5. The fourth-order valence-electron chi connectivity index (χ4n) is 9.99. The van der Waals surface area contributed by atoms with Crippen molar-refractivity contribution in [2.75, 3.05) is 0 Å². The summed E-state index contributed by atoms with van der Waals surface area (Å²) in [6.07, 6.45) is -0.366. The van der Waals surface area contributed by atoms with Crippen molar-refractivity contribution in [2.45, 2.75) is 6.17 Å². The molecule has 6 heteroatoms. The third-order valence-corrected chi connectivity index (χ3v) is 12.7. The van der Waals surface area contributed by atoms with E-state index in [0.29, 0.717) is 5.96 Å². The Morgan fingerprint density at radius 3 is 1.44 bits per heavy atom. The standard InChI is InChI=1S/C57H38N6/c1-5-19-37(20-6-1)41-33-34-45-42-27-13-16-30-48(42)61(40-25-11-4-12-26-40)52(45)51(41)62-49-31-17-14-28-43(49)46-35-36-47-44-29-15-18-32-50(44)63(54(47)53(46)62)57-59-55(38-21-7-2-8-22-38)58-56(60-57)39-23-9-3-10-24-39/h1-36,55H,(H,58,59,60). The maximum Gasteiger partial charge on any atom is 0.234 e. The molecule has 0 bridgehead atoms. The van der Waals surface area contributed by atoms with Gasteiger partial charge in [0.25, 0.3) is 0 Å². The van der Waals surface area contributed by atoms with Crippen LogP contribution in [0.25, 0.3) is 87.9 Å². The number of nitrogens with zero attached hydrogens (tertiary/aromatic N) is 5. The summed E-state index contributed by atoms with van der Waals surface area (Å²) in [7, 11) is 0. The number of hydrogen-bond donors (Lipinski definition) is 1. The van der Waals surface area contributed by atoms with Gasteiger partial charge in [-0.05, 0) is 41.5 Å². The van der Waals surface area contributed by atoms with E-state index < -0.39 is 0 Å². The van der Waals surface area contributed by atoms with Gasteiger partial charge in [0.15, 0.2) is 0 Å². The second kappa shape index (κ2) is 14.0. The minimum atomic E-state index is -0.366. The van der Waals surface area contributed by atoms with Gasteiger partial charge >= 0.3 is 0 Å². The first-order chi connectivity index (χ1) is 31.3. The molecule has 1 N–H and O–H groups in total. The molecule has 1 atom stereocenters. The van der Waals surface area contributed by atoms with Crippen LogP contribution in [-0.2, 0) is 0 Å². The van der Waals surface area contributed by atoms with Crippen molar-refractivity contribution in [3.63, 3.8) is 0 Å². The van der Waals surface area contributed by atoms with E-state index in [1.165, 1.54) is 16.2 Å². The topological polar surface area (TPSA) is 51.5 Å². The molecule has 4 heterocycles. The minimum absolute atomic E-state index is 0.366. The second-order valence-electron chi connectivity index (χ2n) is 16.2. The fraction of sp³-hybridized carbons (Fsp3) is 0.0175. The Bertz CT molecular complexity index is 3800. The van der Waals surface area contributed by atoms with Gasteiger partial charge in [-0.2, -0.15) is 4.99 Å². The quantitative estimate of drug-likeness (QED) is 0.185. The first kappa shape index (κ1) is 35.3. The van der Waals surface area contributed by atoms with Crippen molar-refractivity contribution in [3.05, 3.63) is 230 Å². The maximum absolute atomic E-state index is 5.50. The third-order valence-electron chi connectivity index (χ3n) is 12.7. The van der Waals surface area contributed by atoms with Crippen molar-refractivity contribution in [2.24, 2.45) is 9.98 Å². The smallest absolute Gasteiger partial charge is 0.234 e. The van der Waals surface area contributed by atoms with Gasteiger partial charge in [0.05, 0.1) is 38.8 Å². The highest BCUT2D eigenvalue weighted by Gasteiger charge is 2.29. The number of benzene rings is 9. The van der Waals surface area contributed by atoms with Crippen LogP contribution in [0.1, 0.15) is 17.3 Å². The third kappa shape index (κ3) is 5.38. The molecule has 0 saturated heterocycles. The Hall–Kier alpha value is -8.48. The summed E-state index contributed by atoms with van der Waals surface area (Å²) in [5.74, 6) is 1.40. The zero-order chi connectivity index (χ0) is 41.4. The van der Waals surface area contributed by atoms with Gasteiger partial charge in [0.2, 0.25) is 5.96 Å². The van der Waals surface area contributed by atoms with E-state index in [9.17, 15) is 0 Å². The number of fused-ring (bicyclic) bond motifs is 10. The normalized spacial score (nSPS) is 14.2. The van der Waals surface area contributed by atoms with E-state index in [-0.39, 0.29) is 6.17 Å². The van der Waals surface area contributed by atoms with Crippen molar-refractivity contribution in [3.8, 4) is 22.5 Å². The highest BCUT2D eigenvalue weighted by Crippen LogP contribution is 2.46. The lowest BCUT2D eigenvalue weighted by molar-refractivity contribution is 0.668. The van der Waals surface area contributed by atoms with Crippen LogP contribution in [0.15, 0.2) is 228 Å². The fourth-order valence-corrected chi connectivity index (χ4v) is 9.99. The zero-order valence-electron chi connectivity index (χ0n) is 34.1. The van der Waals surface area contributed by atoms with Gasteiger partial charge in [-0.3, -0.25) is 4.57 Å². The molecule has 13 rings (SSSR count). The molecule has 296 valence electrons. The summed E-state index contributed by atoms with van der Waals surface area (Å²) in [6, 6.07) is 78.0. The molecule has 1 unspecified atom stereocenters. The number of hydrogen-bond acceptors (Lipinski definition) is 3. The Morgan fingerprint density at radius 2 is 0.825 bits per heavy atom. The largest absolute Gasteiger partial charge is 0.344 e. The van der Waals surface area contributed by atoms with Crippen LogP contribution in [0.2, 0.25) is 0 Å². The SMILES string of the molecule is c1ccc(C2=NC(n3c4ccccc4c4ccc5c6ccccc6n(-c6c(-c7ccccc7)ccc7c8ccccc8n(-c8ccccc8)c67)c5c43)=NC(c3ccccc3)N2)cc1. The summed E-state index contributed by atoms with van der Waals surface area (Å²) in [5.41, 5.74) is 13.1. The van der Waals surface area contributed by atoms with E-state index in [1.54, 1.807) is 0 Å². The molecule has 1 aliphatic heterocycles. The molecule has 1 aliphatic rings. The Kier molecular flexibility index (Phi) is 7.87. The van der Waals surface area contributed by atoms with Gasteiger partial charge in [-0.25, -0.2) is 4.99 Å².